The number of hydrogen-bond donors (Lipinski definition) is 2. The van der Waals surface area contributed by atoms with Gasteiger partial charge in [0.25, 0.3) is 0 Å². The highest BCUT2D eigenvalue weighted by molar-refractivity contribution is 6.42. The van der Waals surface area contributed by atoms with Crippen LogP contribution in [-0.4, -0.2) is 18.0 Å². The number of para-hydroxylation sites is 1. The van der Waals surface area contributed by atoms with Crippen molar-refractivity contribution < 1.29 is 14.3 Å². The van der Waals surface area contributed by atoms with Gasteiger partial charge in [0.05, 0.1) is 16.3 Å². The zero-order chi connectivity index (χ0) is 23.1. The summed E-state index contributed by atoms with van der Waals surface area (Å²) in [6.45, 7) is 4.07. The monoisotopic (exact) mass is 469 g/mol. The van der Waals surface area contributed by atoms with E-state index in [-0.39, 0.29) is 6.61 Å². The molecule has 0 saturated carbocycles. The molecular formula is C24H21Cl2N3O3. The van der Waals surface area contributed by atoms with Gasteiger partial charge in [-0.25, -0.2) is 5.43 Å². The van der Waals surface area contributed by atoms with Gasteiger partial charge in [0.1, 0.15) is 12.4 Å². The predicted molar refractivity (Wildman–Crippen MR) is 128 cm³/mol. The Morgan fingerprint density at radius 1 is 0.969 bits per heavy atom. The summed E-state index contributed by atoms with van der Waals surface area (Å²) in [7, 11) is 0. The highest BCUT2D eigenvalue weighted by atomic mass is 35.5. The smallest absolute Gasteiger partial charge is 0.329 e. The van der Waals surface area contributed by atoms with E-state index in [0.29, 0.717) is 27.0 Å². The van der Waals surface area contributed by atoms with Crippen molar-refractivity contribution >= 4 is 46.9 Å². The zero-order valence-corrected chi connectivity index (χ0v) is 19.0. The van der Waals surface area contributed by atoms with Crippen molar-refractivity contribution in [3.05, 3.63) is 93.0 Å². The third kappa shape index (κ3) is 6.09. The third-order valence-corrected chi connectivity index (χ3v) is 5.47. The third-order valence-electron chi connectivity index (χ3n) is 4.73. The number of amides is 2. The minimum Gasteiger partial charge on any atom is -0.488 e. The summed E-state index contributed by atoms with van der Waals surface area (Å²) in [5, 5.41) is 7.39. The molecule has 0 spiro atoms. The first-order valence-corrected chi connectivity index (χ1v) is 10.5. The Balaban J connectivity index is 1.60. The lowest BCUT2D eigenvalue weighted by Crippen LogP contribution is -2.32. The Labute approximate surface area is 196 Å². The number of nitrogens with one attached hydrogen (secondary N) is 2. The van der Waals surface area contributed by atoms with Crippen molar-refractivity contribution in [1.29, 1.82) is 0 Å². The quantitative estimate of drug-likeness (QED) is 0.292. The molecule has 0 radical (unpaired) electrons. The van der Waals surface area contributed by atoms with Gasteiger partial charge in [0.15, 0.2) is 0 Å². The molecular weight excluding hydrogens is 449 g/mol. The van der Waals surface area contributed by atoms with Crippen LogP contribution < -0.4 is 15.5 Å². The molecule has 2 N–H and O–H groups in total. The maximum Gasteiger partial charge on any atom is 0.329 e. The number of rotatable bonds is 6. The number of carbonyl (C=O) groups is 2. The molecule has 0 saturated heterocycles. The average molecular weight is 470 g/mol. The van der Waals surface area contributed by atoms with Crippen LogP contribution in [-0.2, 0) is 16.2 Å². The van der Waals surface area contributed by atoms with Crippen molar-refractivity contribution in [2.45, 2.75) is 20.5 Å². The maximum atomic E-state index is 12.2. The number of carbonyl (C=O) groups excluding carboxylic acids is 2. The molecule has 2 amide bonds. The standard InChI is InChI=1S/C24H21Cl2N3O3/c1-15-6-5-8-21(16(15)2)28-23(30)24(31)29-27-13-18-7-3-4-9-22(18)32-14-17-10-11-19(25)20(26)12-17/h3-13H,14H2,1-2H3,(H,28,30)(H,29,31)/b27-13-. The van der Waals surface area contributed by atoms with E-state index in [1.807, 2.05) is 44.2 Å². The number of hydrogen-bond acceptors (Lipinski definition) is 4. The second-order valence-corrected chi connectivity index (χ2v) is 7.79. The molecule has 3 aromatic carbocycles. The summed E-state index contributed by atoms with van der Waals surface area (Å²) in [4.78, 5) is 24.3. The molecule has 0 aliphatic rings. The molecule has 8 heteroatoms. The Morgan fingerprint density at radius 2 is 1.75 bits per heavy atom. The lowest BCUT2D eigenvalue weighted by atomic mass is 10.1. The minimum absolute atomic E-state index is 0.270. The van der Waals surface area contributed by atoms with E-state index in [2.05, 4.69) is 15.8 Å². The van der Waals surface area contributed by atoms with E-state index in [1.165, 1.54) is 6.21 Å². The van der Waals surface area contributed by atoms with Crippen LogP contribution in [0.15, 0.2) is 65.8 Å². The summed E-state index contributed by atoms with van der Waals surface area (Å²) < 4.78 is 5.84. The molecule has 6 nitrogen and oxygen atoms in total. The number of aryl methyl sites for hydroxylation is 1. The highest BCUT2D eigenvalue weighted by Crippen LogP contribution is 2.24. The SMILES string of the molecule is Cc1cccc(NC(=O)C(=O)N/N=C\c2ccccc2OCc2ccc(Cl)c(Cl)c2)c1C. The fourth-order valence-corrected chi connectivity index (χ4v) is 3.11. The average Bonchev–Trinajstić information content (AvgIpc) is 2.78. The van der Waals surface area contributed by atoms with Gasteiger partial charge in [-0.05, 0) is 60.9 Å². The molecule has 0 fully saturated rings. The molecule has 0 unspecified atom stereocenters. The fourth-order valence-electron chi connectivity index (χ4n) is 2.79. The number of hydrazone groups is 1. The van der Waals surface area contributed by atoms with E-state index < -0.39 is 11.8 Å². The Bertz CT molecular complexity index is 1180. The van der Waals surface area contributed by atoms with Crippen LogP contribution in [0.3, 0.4) is 0 Å². The summed E-state index contributed by atoms with van der Waals surface area (Å²) >= 11 is 12.0. The van der Waals surface area contributed by atoms with Crippen LogP contribution >= 0.6 is 23.2 Å². The van der Waals surface area contributed by atoms with Crippen molar-refractivity contribution in [2.24, 2.45) is 5.10 Å². The molecule has 0 bridgehead atoms. The molecule has 0 atom stereocenters. The van der Waals surface area contributed by atoms with Gasteiger partial charge < -0.3 is 10.1 Å². The van der Waals surface area contributed by atoms with Gasteiger partial charge in [0, 0.05) is 11.3 Å². The number of benzene rings is 3. The first kappa shape index (κ1) is 23.3. The molecule has 3 aromatic rings. The Hall–Kier alpha value is -3.35. The van der Waals surface area contributed by atoms with Gasteiger partial charge in [-0.1, -0.05) is 53.5 Å². The van der Waals surface area contributed by atoms with Crippen LogP contribution in [0.2, 0.25) is 10.0 Å². The normalized spacial score (nSPS) is 10.8. The molecule has 0 aliphatic carbocycles. The van der Waals surface area contributed by atoms with Crippen molar-refractivity contribution in [3.63, 3.8) is 0 Å². The highest BCUT2D eigenvalue weighted by Gasteiger charge is 2.14. The molecule has 164 valence electrons. The molecule has 3 rings (SSSR count). The van der Waals surface area contributed by atoms with Crippen LogP contribution in [0, 0.1) is 13.8 Å². The second-order valence-electron chi connectivity index (χ2n) is 6.98. The molecule has 0 heterocycles. The molecule has 0 aliphatic heterocycles. The largest absolute Gasteiger partial charge is 0.488 e. The van der Waals surface area contributed by atoms with Crippen molar-refractivity contribution in [1.82, 2.24) is 5.43 Å². The van der Waals surface area contributed by atoms with Crippen LogP contribution in [0.4, 0.5) is 5.69 Å². The number of nitrogens with zero attached hydrogens (tertiary/aromatic N) is 1. The number of halogens is 2. The topological polar surface area (TPSA) is 79.8 Å². The fraction of sp³-hybridized carbons (Fsp3) is 0.125. The Morgan fingerprint density at radius 3 is 2.53 bits per heavy atom. The number of ether oxygens (including phenoxy) is 1. The molecule has 32 heavy (non-hydrogen) atoms. The van der Waals surface area contributed by atoms with Gasteiger partial charge in [-0.15, -0.1) is 0 Å². The minimum atomic E-state index is -0.878. The second kappa shape index (κ2) is 10.8. The first-order chi connectivity index (χ1) is 15.3. The van der Waals surface area contributed by atoms with Crippen LogP contribution in [0.5, 0.6) is 5.75 Å². The summed E-state index contributed by atoms with van der Waals surface area (Å²) in [6, 6.07) is 17.9. The maximum absolute atomic E-state index is 12.2. The Kier molecular flexibility index (Phi) is 7.87. The van der Waals surface area contributed by atoms with Crippen molar-refractivity contribution in [3.8, 4) is 5.75 Å². The van der Waals surface area contributed by atoms with Gasteiger partial charge in [-0.3, -0.25) is 9.59 Å². The summed E-state index contributed by atoms with van der Waals surface area (Å²) in [5.74, 6) is -1.13. The van der Waals surface area contributed by atoms with Gasteiger partial charge in [-0.2, -0.15) is 5.10 Å². The molecule has 0 aromatic heterocycles. The van der Waals surface area contributed by atoms with Crippen LogP contribution in [0.1, 0.15) is 22.3 Å². The summed E-state index contributed by atoms with van der Waals surface area (Å²) in [5.41, 5.74) is 6.19. The van der Waals surface area contributed by atoms with Crippen molar-refractivity contribution in [2.75, 3.05) is 5.32 Å². The van der Waals surface area contributed by atoms with Crippen LogP contribution in [0.25, 0.3) is 0 Å². The zero-order valence-electron chi connectivity index (χ0n) is 17.5. The number of anilines is 1. The first-order valence-electron chi connectivity index (χ1n) is 9.71. The van der Waals surface area contributed by atoms with E-state index >= 15 is 0 Å². The lowest BCUT2D eigenvalue weighted by Gasteiger charge is -2.10. The van der Waals surface area contributed by atoms with E-state index in [0.717, 1.165) is 16.7 Å². The lowest BCUT2D eigenvalue weighted by molar-refractivity contribution is -0.136. The summed E-state index contributed by atoms with van der Waals surface area (Å²) in [6.07, 6.45) is 1.41. The van der Waals surface area contributed by atoms with E-state index in [1.54, 1.807) is 30.3 Å². The van der Waals surface area contributed by atoms with E-state index in [9.17, 15) is 9.59 Å². The van der Waals surface area contributed by atoms with Gasteiger partial charge in [0.2, 0.25) is 0 Å². The van der Waals surface area contributed by atoms with E-state index in [4.69, 9.17) is 27.9 Å². The van der Waals surface area contributed by atoms with Gasteiger partial charge >= 0.3 is 11.8 Å². The predicted octanol–water partition coefficient (Wildman–Crippen LogP) is 5.28.